The molecule has 0 aliphatic carbocycles. The fourth-order valence-electron chi connectivity index (χ4n) is 0.366. The number of allylic oxidation sites excluding steroid dienone is 2. The second-order valence-electron chi connectivity index (χ2n) is 1.51. The van der Waals surface area contributed by atoms with Crippen molar-refractivity contribution in [3.05, 3.63) is 12.2 Å². The molecule has 2 heteroatoms. The lowest BCUT2D eigenvalue weighted by molar-refractivity contribution is 1.15. The summed E-state index contributed by atoms with van der Waals surface area (Å²) in [5.74, 6) is 0. The molecule has 0 spiro atoms. The highest BCUT2D eigenvalue weighted by molar-refractivity contribution is 9.24. The van der Waals surface area contributed by atoms with Gasteiger partial charge in [0.15, 0.2) is 0 Å². The fraction of sp³-hybridized carbons (Fsp3) is 0.667. The molecule has 0 saturated heterocycles. The van der Waals surface area contributed by atoms with Crippen LogP contribution < -0.4 is 0 Å². The van der Waals surface area contributed by atoms with E-state index in [-0.39, 0.29) is 0 Å². The molecule has 0 radical (unpaired) electrons. The molecule has 0 nitrogen and oxygen atoms in total. The van der Waals surface area contributed by atoms with Crippen LogP contribution in [0, 0.1) is 0 Å². The lowest BCUT2D eigenvalue weighted by Crippen LogP contribution is -1.77. The summed E-state index contributed by atoms with van der Waals surface area (Å²) in [5.41, 5.74) is 0. The number of hydrogen-bond acceptors (Lipinski definition) is 0. The van der Waals surface area contributed by atoms with E-state index in [1.54, 1.807) is 0 Å². The van der Waals surface area contributed by atoms with Crippen molar-refractivity contribution in [2.24, 2.45) is 0 Å². The van der Waals surface area contributed by atoms with E-state index >= 15 is 0 Å². The first-order valence-corrected chi connectivity index (χ1v) is 4.53. The van der Waals surface area contributed by atoms with Gasteiger partial charge in [0.2, 0.25) is 0 Å². The van der Waals surface area contributed by atoms with E-state index in [1.807, 2.05) is 0 Å². The molecule has 0 heterocycles. The first-order valence-electron chi connectivity index (χ1n) is 2.70. The first-order chi connectivity index (χ1) is 3.77. The smallest absolute Gasteiger partial charge is 0.0732 e. The van der Waals surface area contributed by atoms with Crippen LogP contribution in [0.15, 0.2) is 12.2 Å². The quantitative estimate of drug-likeness (QED) is 0.525. The number of hydrogen-bond donors (Lipinski definition) is 0. The summed E-state index contributed by atoms with van der Waals surface area (Å²) in [6.07, 6.45) is 6.52. The number of rotatable bonds is 3. The Morgan fingerprint density at radius 1 is 1.38 bits per heavy atom. The van der Waals surface area contributed by atoms with Gasteiger partial charge >= 0.3 is 0 Å². The Kier molecular flexibility index (Phi) is 6.34. The SMILES string of the molecule is CCC=CCC(Br)Br. The van der Waals surface area contributed by atoms with Gasteiger partial charge in [-0.1, -0.05) is 50.9 Å². The van der Waals surface area contributed by atoms with Crippen LogP contribution in [0.3, 0.4) is 0 Å². The molecule has 0 amide bonds. The molecule has 0 aromatic carbocycles. The topological polar surface area (TPSA) is 0 Å². The molecule has 0 atom stereocenters. The predicted octanol–water partition coefficient (Wildman–Crippen LogP) is 3.46. The zero-order chi connectivity index (χ0) is 6.41. The second-order valence-corrected chi connectivity index (χ2v) is 4.95. The molecule has 0 fully saturated rings. The van der Waals surface area contributed by atoms with Crippen LogP contribution in [-0.4, -0.2) is 3.74 Å². The van der Waals surface area contributed by atoms with Crippen molar-refractivity contribution in [3.8, 4) is 0 Å². The number of alkyl halides is 2. The molecular formula is C6H10Br2. The fourth-order valence-corrected chi connectivity index (χ4v) is 0.797. The van der Waals surface area contributed by atoms with Gasteiger partial charge in [0.05, 0.1) is 3.74 Å². The van der Waals surface area contributed by atoms with E-state index in [9.17, 15) is 0 Å². The standard InChI is InChI=1S/C6H10Br2/c1-2-3-4-5-6(7)8/h3-4,6H,2,5H2,1H3. The van der Waals surface area contributed by atoms with Gasteiger partial charge in [-0.2, -0.15) is 0 Å². The Hall–Kier alpha value is 0.700. The maximum Gasteiger partial charge on any atom is 0.0732 e. The molecule has 0 N–H and O–H groups in total. The molecule has 0 unspecified atom stereocenters. The lowest BCUT2D eigenvalue weighted by atomic mass is 10.4. The molecule has 0 aromatic rings. The summed E-state index contributed by atoms with van der Waals surface area (Å²) >= 11 is 6.74. The van der Waals surface area contributed by atoms with Gasteiger partial charge in [-0.25, -0.2) is 0 Å². The Balaban J connectivity index is 3.03. The molecule has 48 valence electrons. The Morgan fingerprint density at radius 3 is 2.38 bits per heavy atom. The van der Waals surface area contributed by atoms with Crippen LogP contribution in [0.4, 0.5) is 0 Å². The van der Waals surface area contributed by atoms with Crippen molar-refractivity contribution in [2.75, 3.05) is 0 Å². The maximum atomic E-state index is 3.37. The van der Waals surface area contributed by atoms with Crippen molar-refractivity contribution in [1.82, 2.24) is 0 Å². The van der Waals surface area contributed by atoms with Gasteiger partial charge in [-0.3, -0.25) is 0 Å². The second kappa shape index (κ2) is 5.83. The van der Waals surface area contributed by atoms with Gasteiger partial charge in [0, 0.05) is 0 Å². The molecular weight excluding hydrogens is 232 g/mol. The highest BCUT2D eigenvalue weighted by Gasteiger charge is 1.89. The van der Waals surface area contributed by atoms with Crippen molar-refractivity contribution >= 4 is 31.9 Å². The minimum absolute atomic E-state index is 0.442. The summed E-state index contributed by atoms with van der Waals surface area (Å²) in [6.45, 7) is 2.13. The van der Waals surface area contributed by atoms with E-state index in [2.05, 4.69) is 50.9 Å². The van der Waals surface area contributed by atoms with Gasteiger partial charge in [-0.05, 0) is 12.8 Å². The predicted molar refractivity (Wildman–Crippen MR) is 45.7 cm³/mol. The minimum Gasteiger partial charge on any atom is -0.0887 e. The van der Waals surface area contributed by atoms with Crippen LogP contribution in [0.2, 0.25) is 0 Å². The largest absolute Gasteiger partial charge is 0.0887 e. The third-order valence-corrected chi connectivity index (χ3v) is 1.46. The average Bonchev–Trinajstić information content (AvgIpc) is 1.66. The summed E-state index contributed by atoms with van der Waals surface area (Å²) in [7, 11) is 0. The van der Waals surface area contributed by atoms with Crippen LogP contribution in [0.5, 0.6) is 0 Å². The molecule has 0 bridgehead atoms. The Bertz CT molecular complexity index is 66.9. The zero-order valence-corrected chi connectivity index (χ0v) is 8.07. The monoisotopic (exact) mass is 240 g/mol. The van der Waals surface area contributed by atoms with Crippen LogP contribution in [0.25, 0.3) is 0 Å². The normalized spacial score (nSPS) is 11.5. The molecule has 8 heavy (non-hydrogen) atoms. The third-order valence-electron chi connectivity index (χ3n) is 0.717. The van der Waals surface area contributed by atoms with Crippen LogP contribution in [-0.2, 0) is 0 Å². The highest BCUT2D eigenvalue weighted by atomic mass is 79.9. The van der Waals surface area contributed by atoms with Gasteiger partial charge in [0.1, 0.15) is 0 Å². The van der Waals surface area contributed by atoms with Gasteiger partial charge in [0.25, 0.3) is 0 Å². The summed E-state index contributed by atoms with van der Waals surface area (Å²) in [6, 6.07) is 0. The van der Waals surface area contributed by atoms with Crippen LogP contribution in [0.1, 0.15) is 19.8 Å². The summed E-state index contributed by atoms with van der Waals surface area (Å²) < 4.78 is 0.442. The molecule has 0 aromatic heterocycles. The zero-order valence-electron chi connectivity index (χ0n) is 4.90. The van der Waals surface area contributed by atoms with E-state index in [0.29, 0.717) is 3.74 Å². The van der Waals surface area contributed by atoms with Gasteiger partial charge < -0.3 is 0 Å². The summed E-state index contributed by atoms with van der Waals surface area (Å²) in [5, 5.41) is 0. The Morgan fingerprint density at radius 2 is 2.00 bits per heavy atom. The van der Waals surface area contributed by atoms with Crippen LogP contribution >= 0.6 is 31.9 Å². The molecule has 0 saturated carbocycles. The molecule has 0 rings (SSSR count). The van der Waals surface area contributed by atoms with E-state index in [0.717, 1.165) is 12.8 Å². The maximum absolute atomic E-state index is 3.37. The summed E-state index contributed by atoms with van der Waals surface area (Å²) in [4.78, 5) is 0. The van der Waals surface area contributed by atoms with Gasteiger partial charge in [-0.15, -0.1) is 0 Å². The van der Waals surface area contributed by atoms with E-state index < -0.39 is 0 Å². The third kappa shape index (κ3) is 6.70. The van der Waals surface area contributed by atoms with Crippen molar-refractivity contribution in [3.63, 3.8) is 0 Å². The minimum atomic E-state index is 0.442. The van der Waals surface area contributed by atoms with Crippen molar-refractivity contribution in [2.45, 2.75) is 23.5 Å². The lowest BCUT2D eigenvalue weighted by Gasteiger charge is -1.90. The molecule has 0 aliphatic heterocycles. The van der Waals surface area contributed by atoms with E-state index in [4.69, 9.17) is 0 Å². The molecule has 0 aliphatic rings. The average molecular weight is 242 g/mol. The van der Waals surface area contributed by atoms with E-state index in [1.165, 1.54) is 0 Å². The van der Waals surface area contributed by atoms with Crippen molar-refractivity contribution in [1.29, 1.82) is 0 Å². The first kappa shape index (κ1) is 8.70. The number of halogens is 2. The van der Waals surface area contributed by atoms with Crippen molar-refractivity contribution < 1.29 is 0 Å². The Labute approximate surface area is 67.6 Å². The highest BCUT2D eigenvalue weighted by Crippen LogP contribution is 2.12.